The Morgan fingerprint density at radius 2 is 1.69 bits per heavy atom. The first-order valence-electron chi connectivity index (χ1n) is 11.4. The Hall–Kier alpha value is -3.03. The van der Waals surface area contributed by atoms with Gasteiger partial charge in [-0.1, -0.05) is 70.0 Å². The van der Waals surface area contributed by atoms with Gasteiger partial charge in [0.2, 0.25) is 5.91 Å². The van der Waals surface area contributed by atoms with Gasteiger partial charge in [0.25, 0.3) is 0 Å². The molecular formula is C26H31Cl2N5O2. The third-order valence-electron chi connectivity index (χ3n) is 5.13. The maximum absolute atomic E-state index is 13.1. The zero-order valence-electron chi connectivity index (χ0n) is 20.6. The van der Waals surface area contributed by atoms with E-state index in [0.717, 1.165) is 5.69 Å². The lowest BCUT2D eigenvalue weighted by atomic mass is 9.92. The molecule has 3 rings (SSSR count). The van der Waals surface area contributed by atoms with Gasteiger partial charge >= 0.3 is 6.03 Å². The molecule has 0 unspecified atom stereocenters. The number of nitrogens with zero attached hydrogens (tertiary/aromatic N) is 3. The van der Waals surface area contributed by atoms with Crippen molar-refractivity contribution in [3.05, 3.63) is 70.3 Å². The number of amides is 3. The van der Waals surface area contributed by atoms with Crippen molar-refractivity contribution in [2.24, 2.45) is 5.92 Å². The molecule has 0 saturated carbocycles. The summed E-state index contributed by atoms with van der Waals surface area (Å²) in [6.45, 7) is 10.4. The first-order chi connectivity index (χ1) is 16.4. The van der Waals surface area contributed by atoms with Crippen LogP contribution in [0.2, 0.25) is 10.0 Å². The van der Waals surface area contributed by atoms with Gasteiger partial charge in [-0.05, 0) is 42.3 Å². The van der Waals surface area contributed by atoms with Crippen LogP contribution in [0, 0.1) is 5.92 Å². The minimum absolute atomic E-state index is 0.129. The molecule has 0 spiro atoms. The molecule has 3 aromatic rings. The minimum Gasteiger partial charge on any atom is -0.315 e. The molecule has 0 aliphatic heterocycles. The van der Waals surface area contributed by atoms with Crippen LogP contribution in [0.4, 0.5) is 16.3 Å². The second-order valence-electron chi connectivity index (χ2n) is 9.79. The molecule has 2 N–H and O–H groups in total. The molecule has 0 radical (unpaired) electrons. The van der Waals surface area contributed by atoms with Crippen LogP contribution in [0.3, 0.4) is 0 Å². The highest BCUT2D eigenvalue weighted by molar-refractivity contribution is 6.32. The Balaban J connectivity index is 1.82. The average molecular weight is 516 g/mol. The smallest absolute Gasteiger partial charge is 0.315 e. The molecule has 1 heterocycles. The quantitative estimate of drug-likeness (QED) is 0.371. The second kappa shape index (κ2) is 11.1. The van der Waals surface area contributed by atoms with Gasteiger partial charge in [-0.25, -0.2) is 9.48 Å². The zero-order valence-corrected chi connectivity index (χ0v) is 22.1. The van der Waals surface area contributed by atoms with Crippen molar-refractivity contribution in [2.75, 3.05) is 23.7 Å². The Bertz CT molecular complexity index is 1180. The average Bonchev–Trinajstić information content (AvgIpc) is 3.18. The molecule has 0 aliphatic carbocycles. The first-order valence-corrected chi connectivity index (χ1v) is 12.2. The summed E-state index contributed by atoms with van der Waals surface area (Å²) in [6.07, 6.45) is 0. The number of hydrogen-bond acceptors (Lipinski definition) is 3. The van der Waals surface area contributed by atoms with Crippen LogP contribution < -0.4 is 10.6 Å². The fraction of sp³-hybridized carbons (Fsp3) is 0.346. The molecule has 0 saturated heterocycles. The van der Waals surface area contributed by atoms with Crippen LogP contribution in [-0.4, -0.2) is 39.7 Å². The number of nitrogens with one attached hydrogen (secondary N) is 2. The third kappa shape index (κ3) is 7.23. The predicted molar refractivity (Wildman–Crippen MR) is 143 cm³/mol. The normalized spacial score (nSPS) is 11.4. The molecule has 186 valence electrons. The van der Waals surface area contributed by atoms with E-state index in [9.17, 15) is 9.59 Å². The molecule has 0 fully saturated rings. The second-order valence-corrected chi connectivity index (χ2v) is 10.6. The van der Waals surface area contributed by atoms with Crippen molar-refractivity contribution < 1.29 is 9.59 Å². The number of carbonyl (C=O) groups excluding carboxylic acids is 2. The fourth-order valence-corrected chi connectivity index (χ4v) is 3.74. The van der Waals surface area contributed by atoms with E-state index in [4.69, 9.17) is 28.3 Å². The van der Waals surface area contributed by atoms with Gasteiger partial charge < -0.3 is 15.5 Å². The van der Waals surface area contributed by atoms with Gasteiger partial charge in [-0.3, -0.25) is 4.79 Å². The lowest BCUT2D eigenvalue weighted by Gasteiger charge is -2.24. The standard InChI is InChI=1S/C26H31Cl2N5O2/c1-17(2)15-32(25(35)29-19-12-10-18(27)11-13-19)16-24(34)30-23-14-22(26(3,4)5)31-33(23)21-9-7-6-8-20(21)28/h6-14,17H,15-16H2,1-5H3,(H,29,35)(H,30,34). The summed E-state index contributed by atoms with van der Waals surface area (Å²) < 4.78 is 1.63. The maximum Gasteiger partial charge on any atom is 0.322 e. The van der Waals surface area contributed by atoms with Crippen LogP contribution in [0.25, 0.3) is 5.69 Å². The molecule has 7 nitrogen and oxygen atoms in total. The maximum atomic E-state index is 13.1. The van der Waals surface area contributed by atoms with E-state index >= 15 is 0 Å². The number of anilines is 2. The van der Waals surface area contributed by atoms with Crippen LogP contribution in [0.1, 0.15) is 40.3 Å². The van der Waals surface area contributed by atoms with E-state index in [0.29, 0.717) is 33.8 Å². The van der Waals surface area contributed by atoms with Crippen molar-refractivity contribution in [2.45, 2.75) is 40.0 Å². The van der Waals surface area contributed by atoms with Crippen molar-refractivity contribution in [3.63, 3.8) is 0 Å². The summed E-state index contributed by atoms with van der Waals surface area (Å²) in [5.41, 5.74) is 1.81. The number of urea groups is 1. The predicted octanol–water partition coefficient (Wildman–Crippen LogP) is 6.61. The summed E-state index contributed by atoms with van der Waals surface area (Å²) in [5.74, 6) is 0.307. The van der Waals surface area contributed by atoms with Gasteiger partial charge in [0.05, 0.1) is 16.4 Å². The van der Waals surface area contributed by atoms with E-state index < -0.39 is 0 Å². The molecule has 0 bridgehead atoms. The van der Waals surface area contributed by atoms with Crippen LogP contribution in [-0.2, 0) is 10.2 Å². The Kier molecular flexibility index (Phi) is 8.46. The zero-order chi connectivity index (χ0) is 25.8. The number of aromatic nitrogens is 2. The summed E-state index contributed by atoms with van der Waals surface area (Å²) in [4.78, 5) is 27.5. The van der Waals surface area contributed by atoms with Crippen molar-refractivity contribution in [1.29, 1.82) is 0 Å². The molecule has 35 heavy (non-hydrogen) atoms. The Labute approximate surface area is 216 Å². The van der Waals surface area contributed by atoms with Gasteiger partial charge in [0.15, 0.2) is 0 Å². The van der Waals surface area contributed by atoms with Crippen LogP contribution in [0.5, 0.6) is 0 Å². The molecule has 0 atom stereocenters. The molecule has 2 aromatic carbocycles. The number of carbonyl (C=O) groups is 2. The van der Waals surface area contributed by atoms with Gasteiger partial charge in [-0.2, -0.15) is 5.10 Å². The van der Waals surface area contributed by atoms with E-state index in [2.05, 4.69) is 10.6 Å². The van der Waals surface area contributed by atoms with Crippen LogP contribution in [0.15, 0.2) is 54.6 Å². The third-order valence-corrected chi connectivity index (χ3v) is 5.70. The highest BCUT2D eigenvalue weighted by atomic mass is 35.5. The summed E-state index contributed by atoms with van der Waals surface area (Å²) in [6, 6.07) is 15.6. The van der Waals surface area contributed by atoms with Crippen molar-refractivity contribution in [3.8, 4) is 5.69 Å². The first kappa shape index (κ1) is 26.6. The number of benzene rings is 2. The highest BCUT2D eigenvalue weighted by Gasteiger charge is 2.24. The summed E-state index contributed by atoms with van der Waals surface area (Å²) in [5, 5.41) is 11.5. The molecule has 9 heteroatoms. The van der Waals surface area contributed by atoms with E-state index in [1.807, 2.05) is 58.9 Å². The fourth-order valence-electron chi connectivity index (χ4n) is 3.40. The van der Waals surface area contributed by atoms with E-state index in [1.165, 1.54) is 4.90 Å². The van der Waals surface area contributed by atoms with E-state index in [-0.39, 0.29) is 29.8 Å². The van der Waals surface area contributed by atoms with E-state index in [1.54, 1.807) is 35.0 Å². The van der Waals surface area contributed by atoms with Gasteiger partial charge in [-0.15, -0.1) is 0 Å². The number of hydrogen-bond donors (Lipinski definition) is 2. The summed E-state index contributed by atoms with van der Waals surface area (Å²) in [7, 11) is 0. The number of rotatable bonds is 7. The SMILES string of the molecule is CC(C)CN(CC(=O)Nc1cc(C(C)(C)C)nn1-c1ccccc1Cl)C(=O)Nc1ccc(Cl)cc1. The molecular weight excluding hydrogens is 485 g/mol. The lowest BCUT2D eigenvalue weighted by Crippen LogP contribution is -2.42. The van der Waals surface area contributed by atoms with Gasteiger partial charge in [0.1, 0.15) is 12.4 Å². The highest BCUT2D eigenvalue weighted by Crippen LogP contribution is 2.29. The number of halogens is 2. The Morgan fingerprint density at radius 1 is 1.03 bits per heavy atom. The van der Waals surface area contributed by atoms with Crippen LogP contribution >= 0.6 is 23.2 Å². The molecule has 1 aromatic heterocycles. The summed E-state index contributed by atoms with van der Waals surface area (Å²) >= 11 is 12.3. The monoisotopic (exact) mass is 515 g/mol. The topological polar surface area (TPSA) is 79.3 Å². The number of para-hydroxylation sites is 1. The minimum atomic E-state index is -0.369. The van der Waals surface area contributed by atoms with Crippen molar-refractivity contribution >= 4 is 46.6 Å². The molecule has 0 aliphatic rings. The molecule has 3 amide bonds. The van der Waals surface area contributed by atoms with Crippen molar-refractivity contribution in [1.82, 2.24) is 14.7 Å². The Morgan fingerprint density at radius 3 is 2.29 bits per heavy atom. The van der Waals surface area contributed by atoms with Gasteiger partial charge in [0, 0.05) is 28.7 Å². The lowest BCUT2D eigenvalue weighted by molar-refractivity contribution is -0.116. The largest absolute Gasteiger partial charge is 0.322 e.